The van der Waals surface area contributed by atoms with Gasteiger partial charge in [-0.3, -0.25) is 4.79 Å². The Bertz CT molecular complexity index is 534. The number of ether oxygens (including phenoxy) is 1. The van der Waals surface area contributed by atoms with Crippen molar-refractivity contribution in [3.05, 3.63) is 16.0 Å². The van der Waals surface area contributed by atoms with Gasteiger partial charge in [0.2, 0.25) is 5.91 Å². The van der Waals surface area contributed by atoms with Gasteiger partial charge >= 0.3 is 5.97 Å². The van der Waals surface area contributed by atoms with Crippen LogP contribution in [0.15, 0.2) is 0 Å². The highest BCUT2D eigenvalue weighted by Gasteiger charge is 2.26. The monoisotopic (exact) mass is 309 g/mol. The third-order valence-electron chi connectivity index (χ3n) is 3.54. The topological polar surface area (TPSA) is 55.4 Å². The average Bonchev–Trinajstić information content (AvgIpc) is 2.59. The van der Waals surface area contributed by atoms with E-state index in [1.807, 2.05) is 13.8 Å². The van der Waals surface area contributed by atoms with Crippen molar-refractivity contribution in [1.29, 1.82) is 0 Å². The van der Waals surface area contributed by atoms with Crippen LogP contribution in [-0.2, 0) is 22.4 Å². The van der Waals surface area contributed by atoms with Gasteiger partial charge in [-0.15, -0.1) is 11.3 Å². The molecule has 1 aliphatic rings. The number of hydrogen-bond acceptors (Lipinski definition) is 4. The van der Waals surface area contributed by atoms with Gasteiger partial charge in [-0.2, -0.15) is 0 Å². The van der Waals surface area contributed by atoms with Gasteiger partial charge in [-0.05, 0) is 45.1 Å². The number of hydrogen-bond donors (Lipinski definition) is 1. The summed E-state index contributed by atoms with van der Waals surface area (Å²) in [7, 11) is 0. The zero-order valence-electron chi connectivity index (χ0n) is 13.0. The van der Waals surface area contributed by atoms with Crippen molar-refractivity contribution >= 4 is 28.2 Å². The van der Waals surface area contributed by atoms with Gasteiger partial charge in [0.05, 0.1) is 11.7 Å². The van der Waals surface area contributed by atoms with Crippen LogP contribution in [0.25, 0.3) is 0 Å². The van der Waals surface area contributed by atoms with Crippen LogP contribution in [0.4, 0.5) is 5.00 Å². The first-order valence-electron chi connectivity index (χ1n) is 7.68. The maximum atomic E-state index is 12.4. The van der Waals surface area contributed by atoms with Crippen LogP contribution >= 0.6 is 11.3 Å². The van der Waals surface area contributed by atoms with Gasteiger partial charge in [0, 0.05) is 11.3 Å². The highest BCUT2D eigenvalue weighted by molar-refractivity contribution is 7.17. The summed E-state index contributed by atoms with van der Waals surface area (Å²) in [5.41, 5.74) is 1.68. The van der Waals surface area contributed by atoms with Gasteiger partial charge in [0.15, 0.2) is 0 Å². The number of aryl methyl sites for hydroxylation is 1. The first-order chi connectivity index (χ1) is 10.0. The lowest BCUT2D eigenvalue weighted by molar-refractivity contribution is -0.115. The maximum absolute atomic E-state index is 12.4. The lowest BCUT2D eigenvalue weighted by atomic mass is 10.1. The van der Waals surface area contributed by atoms with Crippen LogP contribution in [0, 0.1) is 0 Å². The molecule has 1 aromatic heterocycles. The van der Waals surface area contributed by atoms with E-state index in [4.69, 9.17) is 4.74 Å². The molecule has 1 aromatic rings. The maximum Gasteiger partial charge on any atom is 0.341 e. The molecule has 0 aliphatic heterocycles. The first-order valence-corrected chi connectivity index (χ1v) is 8.50. The normalized spacial score (nSPS) is 14.5. The number of esters is 1. The van der Waals surface area contributed by atoms with Crippen LogP contribution in [0.3, 0.4) is 0 Å². The number of nitrogens with one attached hydrogen (secondary N) is 1. The lowest BCUT2D eigenvalue weighted by Gasteiger charge is -2.11. The van der Waals surface area contributed by atoms with E-state index in [0.717, 1.165) is 31.2 Å². The summed E-state index contributed by atoms with van der Waals surface area (Å²) in [6, 6.07) is 0. The highest BCUT2D eigenvalue weighted by Crippen LogP contribution is 2.38. The third kappa shape index (κ3) is 3.84. The van der Waals surface area contributed by atoms with E-state index in [-0.39, 0.29) is 18.0 Å². The minimum absolute atomic E-state index is 0.0648. The summed E-state index contributed by atoms with van der Waals surface area (Å²) < 4.78 is 5.37. The van der Waals surface area contributed by atoms with Crippen molar-refractivity contribution in [3.63, 3.8) is 0 Å². The summed E-state index contributed by atoms with van der Waals surface area (Å²) in [6.45, 7) is 5.49. The molecule has 4 nitrogen and oxygen atoms in total. The summed E-state index contributed by atoms with van der Waals surface area (Å²) in [6.07, 6.45) is 5.56. The van der Waals surface area contributed by atoms with Crippen molar-refractivity contribution < 1.29 is 14.3 Å². The molecule has 0 radical (unpaired) electrons. The molecular formula is C16H23NO3S. The second kappa shape index (κ2) is 7.07. The second-order valence-electron chi connectivity index (χ2n) is 5.62. The number of fused-ring (bicyclic) bond motifs is 1. The number of amides is 1. The molecular weight excluding hydrogens is 286 g/mol. The van der Waals surface area contributed by atoms with Crippen LogP contribution < -0.4 is 5.32 Å². The van der Waals surface area contributed by atoms with Gasteiger partial charge in [0.25, 0.3) is 0 Å². The van der Waals surface area contributed by atoms with E-state index in [1.165, 1.54) is 11.3 Å². The van der Waals surface area contributed by atoms with Crippen molar-refractivity contribution in [2.24, 2.45) is 0 Å². The number of carbonyl (C=O) groups excluding carboxylic acids is 2. The minimum Gasteiger partial charge on any atom is -0.459 e. The molecule has 0 saturated heterocycles. The van der Waals surface area contributed by atoms with Crippen LogP contribution in [-0.4, -0.2) is 18.0 Å². The molecule has 0 unspecified atom stereocenters. The van der Waals surface area contributed by atoms with Crippen LogP contribution in [0.5, 0.6) is 0 Å². The molecule has 1 N–H and O–H groups in total. The molecule has 1 amide bonds. The minimum atomic E-state index is -0.309. The molecule has 0 atom stereocenters. The first kappa shape index (κ1) is 16.0. The van der Waals surface area contributed by atoms with E-state index >= 15 is 0 Å². The second-order valence-corrected chi connectivity index (χ2v) is 6.73. The Morgan fingerprint density at radius 2 is 1.95 bits per heavy atom. The Balaban J connectivity index is 2.39. The fourth-order valence-corrected chi connectivity index (χ4v) is 3.83. The molecule has 21 heavy (non-hydrogen) atoms. The number of carbonyl (C=O) groups is 2. The Morgan fingerprint density at radius 3 is 2.62 bits per heavy atom. The fourth-order valence-electron chi connectivity index (χ4n) is 2.53. The van der Waals surface area contributed by atoms with Gasteiger partial charge in [0.1, 0.15) is 5.00 Å². The Kier molecular flexibility index (Phi) is 5.39. The number of anilines is 1. The summed E-state index contributed by atoms with van der Waals surface area (Å²) in [5.74, 6) is -0.374. The molecule has 5 heteroatoms. The highest BCUT2D eigenvalue weighted by atomic mass is 32.1. The average molecular weight is 309 g/mol. The largest absolute Gasteiger partial charge is 0.459 e. The van der Waals surface area contributed by atoms with Gasteiger partial charge < -0.3 is 10.1 Å². The van der Waals surface area contributed by atoms with E-state index < -0.39 is 0 Å². The van der Waals surface area contributed by atoms with Crippen LogP contribution in [0.1, 0.15) is 67.3 Å². The van der Waals surface area contributed by atoms with E-state index in [2.05, 4.69) is 5.32 Å². The predicted molar refractivity (Wildman–Crippen MR) is 85.1 cm³/mol. The van der Waals surface area contributed by atoms with E-state index in [1.54, 1.807) is 18.3 Å². The molecule has 0 bridgehead atoms. The standard InChI is InChI=1S/C16H23NO3S/c1-4-13(18)17-15-14(16(19)20-10(2)3)11-8-6-5-7-9-12(11)21-15/h10H,4-9H2,1-3H3,(H,17,18). The predicted octanol–water partition coefficient (Wildman–Crippen LogP) is 3.93. The van der Waals surface area contributed by atoms with Gasteiger partial charge in [-0.25, -0.2) is 4.79 Å². The summed E-state index contributed by atoms with van der Waals surface area (Å²) in [5, 5.41) is 3.54. The van der Waals surface area contributed by atoms with E-state index in [9.17, 15) is 9.59 Å². The quantitative estimate of drug-likeness (QED) is 0.677. The van der Waals surface area contributed by atoms with Crippen molar-refractivity contribution in [3.8, 4) is 0 Å². The van der Waals surface area contributed by atoms with Crippen molar-refractivity contribution in [2.45, 2.75) is 65.4 Å². The molecule has 0 fully saturated rings. The molecule has 2 rings (SSSR count). The number of thiophene rings is 1. The molecule has 1 aliphatic carbocycles. The fraction of sp³-hybridized carbons (Fsp3) is 0.625. The molecule has 116 valence electrons. The molecule has 0 saturated carbocycles. The lowest BCUT2D eigenvalue weighted by Crippen LogP contribution is -2.16. The Morgan fingerprint density at radius 1 is 1.24 bits per heavy atom. The van der Waals surface area contributed by atoms with Crippen LogP contribution in [0.2, 0.25) is 0 Å². The number of rotatable bonds is 4. The molecule has 0 spiro atoms. The Labute approximate surface area is 129 Å². The molecule has 1 heterocycles. The Hall–Kier alpha value is -1.36. The molecule has 0 aromatic carbocycles. The van der Waals surface area contributed by atoms with Gasteiger partial charge in [-0.1, -0.05) is 13.3 Å². The zero-order valence-corrected chi connectivity index (χ0v) is 13.8. The summed E-state index contributed by atoms with van der Waals surface area (Å²) in [4.78, 5) is 25.4. The van der Waals surface area contributed by atoms with Crippen molar-refractivity contribution in [1.82, 2.24) is 0 Å². The summed E-state index contributed by atoms with van der Waals surface area (Å²) >= 11 is 1.54. The smallest absolute Gasteiger partial charge is 0.341 e. The third-order valence-corrected chi connectivity index (χ3v) is 4.75. The SMILES string of the molecule is CCC(=O)Nc1sc2c(c1C(=O)OC(C)C)CCCCC2. The van der Waals surface area contributed by atoms with E-state index in [0.29, 0.717) is 17.0 Å². The van der Waals surface area contributed by atoms with Crippen molar-refractivity contribution in [2.75, 3.05) is 5.32 Å². The zero-order chi connectivity index (χ0) is 15.4.